The molecule has 0 aliphatic carbocycles. The number of carbonyl (C=O) groups is 2. The molecule has 0 atom stereocenters. The molecule has 5 heteroatoms. The molecule has 0 saturated carbocycles. The fourth-order valence-corrected chi connectivity index (χ4v) is 2.48. The van der Waals surface area contributed by atoms with Crippen molar-refractivity contribution in [1.82, 2.24) is 0 Å². The van der Waals surface area contributed by atoms with E-state index in [-0.39, 0.29) is 0 Å². The molecule has 0 spiro atoms. The van der Waals surface area contributed by atoms with E-state index in [1.807, 2.05) is 18.2 Å². The van der Waals surface area contributed by atoms with E-state index in [0.29, 0.717) is 29.2 Å². The molecule has 22 heavy (non-hydrogen) atoms. The number of hydrogen-bond acceptors (Lipinski definition) is 5. The van der Waals surface area contributed by atoms with Crippen molar-refractivity contribution in [2.24, 2.45) is 0 Å². The highest BCUT2D eigenvalue weighted by atomic mass is 16.5. The van der Waals surface area contributed by atoms with Crippen LogP contribution >= 0.6 is 0 Å². The van der Waals surface area contributed by atoms with Gasteiger partial charge in [0.05, 0.1) is 18.2 Å². The summed E-state index contributed by atoms with van der Waals surface area (Å²) in [6, 6.07) is 8.95. The predicted molar refractivity (Wildman–Crippen MR) is 80.5 cm³/mol. The highest BCUT2D eigenvalue weighted by molar-refractivity contribution is 6.01. The van der Waals surface area contributed by atoms with E-state index in [1.54, 1.807) is 18.2 Å². The second-order valence-corrected chi connectivity index (χ2v) is 4.84. The molecule has 0 fully saturated rings. The molecule has 0 bridgehead atoms. The first kappa shape index (κ1) is 14.1. The third-order valence-corrected chi connectivity index (χ3v) is 3.41. The number of benzene rings is 2. The van der Waals surface area contributed by atoms with Crippen molar-refractivity contribution in [2.45, 2.75) is 6.92 Å². The zero-order valence-electron chi connectivity index (χ0n) is 12.2. The lowest BCUT2D eigenvalue weighted by molar-refractivity contribution is -0.134. The number of fused-ring (bicyclic) bond motifs is 3. The maximum atomic E-state index is 11.7. The molecule has 0 N–H and O–H groups in total. The first-order valence-electron chi connectivity index (χ1n) is 6.77. The van der Waals surface area contributed by atoms with Gasteiger partial charge in [-0.25, -0.2) is 4.79 Å². The van der Waals surface area contributed by atoms with Gasteiger partial charge in [-0.15, -0.1) is 0 Å². The first-order valence-corrected chi connectivity index (χ1v) is 6.77. The second-order valence-electron chi connectivity index (χ2n) is 4.84. The summed E-state index contributed by atoms with van der Waals surface area (Å²) in [5.41, 5.74) is 1.10. The van der Waals surface area contributed by atoms with Crippen LogP contribution < -0.4 is 4.74 Å². The monoisotopic (exact) mass is 298 g/mol. The number of esters is 2. The van der Waals surface area contributed by atoms with Crippen LogP contribution in [0, 0.1) is 0 Å². The maximum Gasteiger partial charge on any atom is 0.337 e. The van der Waals surface area contributed by atoms with Crippen LogP contribution in [0.5, 0.6) is 5.75 Å². The lowest BCUT2D eigenvalue weighted by Gasteiger charge is -2.20. The zero-order chi connectivity index (χ0) is 15.7. The molecular formula is C17H14O5. The van der Waals surface area contributed by atoms with Crippen LogP contribution in [0.1, 0.15) is 22.8 Å². The van der Waals surface area contributed by atoms with Gasteiger partial charge in [0.1, 0.15) is 18.1 Å². The molecular weight excluding hydrogens is 284 g/mol. The van der Waals surface area contributed by atoms with E-state index < -0.39 is 11.9 Å². The Kier molecular flexibility index (Phi) is 3.55. The maximum absolute atomic E-state index is 11.7. The van der Waals surface area contributed by atoms with Gasteiger partial charge in [0, 0.05) is 6.92 Å². The minimum absolute atomic E-state index is 0.331. The van der Waals surface area contributed by atoms with Gasteiger partial charge in [-0.2, -0.15) is 0 Å². The Morgan fingerprint density at radius 1 is 1.18 bits per heavy atom. The van der Waals surface area contributed by atoms with Crippen molar-refractivity contribution in [3.8, 4) is 5.75 Å². The zero-order valence-corrected chi connectivity index (χ0v) is 12.2. The van der Waals surface area contributed by atoms with Crippen LogP contribution in [0.2, 0.25) is 0 Å². The Morgan fingerprint density at radius 3 is 2.68 bits per heavy atom. The normalized spacial score (nSPS) is 12.9. The minimum atomic E-state index is -0.422. The predicted octanol–water partition coefficient (Wildman–Crippen LogP) is 2.92. The van der Waals surface area contributed by atoms with E-state index in [9.17, 15) is 9.59 Å². The van der Waals surface area contributed by atoms with E-state index in [0.717, 1.165) is 10.8 Å². The smallest absolute Gasteiger partial charge is 0.337 e. The summed E-state index contributed by atoms with van der Waals surface area (Å²) >= 11 is 0. The summed E-state index contributed by atoms with van der Waals surface area (Å²) < 4.78 is 15.6. The topological polar surface area (TPSA) is 61.8 Å². The second kappa shape index (κ2) is 5.52. The summed E-state index contributed by atoms with van der Waals surface area (Å²) in [6.45, 7) is 1.68. The standard InChI is InChI=1S/C17H14O5/c1-10(18)22-15-7-8-21-14-6-5-11-3-4-12(17(19)20-2)9-13(11)16(14)15/h3-7,9H,8H2,1-2H3. The van der Waals surface area contributed by atoms with Gasteiger partial charge in [0.15, 0.2) is 0 Å². The Labute approximate surface area is 127 Å². The third-order valence-electron chi connectivity index (χ3n) is 3.41. The van der Waals surface area contributed by atoms with Crippen molar-refractivity contribution >= 4 is 28.5 Å². The van der Waals surface area contributed by atoms with Crippen molar-refractivity contribution in [1.29, 1.82) is 0 Å². The molecule has 0 amide bonds. The quantitative estimate of drug-likeness (QED) is 0.798. The van der Waals surface area contributed by atoms with E-state index in [2.05, 4.69) is 0 Å². The van der Waals surface area contributed by atoms with Crippen LogP contribution in [0.4, 0.5) is 0 Å². The molecule has 0 unspecified atom stereocenters. The Morgan fingerprint density at radius 2 is 1.95 bits per heavy atom. The molecule has 112 valence electrons. The van der Waals surface area contributed by atoms with E-state index in [4.69, 9.17) is 14.2 Å². The van der Waals surface area contributed by atoms with Crippen molar-refractivity contribution in [3.05, 3.63) is 47.5 Å². The molecule has 0 aromatic heterocycles. The van der Waals surface area contributed by atoms with Crippen molar-refractivity contribution in [2.75, 3.05) is 13.7 Å². The lowest BCUT2D eigenvalue weighted by atomic mass is 9.98. The van der Waals surface area contributed by atoms with Crippen LogP contribution in [0.25, 0.3) is 16.5 Å². The molecule has 1 aliphatic rings. The molecule has 1 aliphatic heterocycles. The fourth-order valence-electron chi connectivity index (χ4n) is 2.48. The molecule has 0 radical (unpaired) electrons. The average molecular weight is 298 g/mol. The number of methoxy groups -OCH3 is 1. The minimum Gasteiger partial charge on any atom is -0.489 e. The van der Waals surface area contributed by atoms with Gasteiger partial charge in [0.2, 0.25) is 0 Å². The van der Waals surface area contributed by atoms with Gasteiger partial charge in [-0.3, -0.25) is 4.79 Å². The van der Waals surface area contributed by atoms with Gasteiger partial charge >= 0.3 is 11.9 Å². The van der Waals surface area contributed by atoms with Crippen molar-refractivity contribution < 1.29 is 23.8 Å². The van der Waals surface area contributed by atoms with Gasteiger partial charge in [0.25, 0.3) is 0 Å². The largest absolute Gasteiger partial charge is 0.489 e. The number of rotatable bonds is 2. The Balaban J connectivity index is 2.22. The summed E-state index contributed by atoms with van der Waals surface area (Å²) in [4.78, 5) is 23.0. The van der Waals surface area contributed by atoms with Crippen LogP contribution in [0.3, 0.4) is 0 Å². The van der Waals surface area contributed by atoms with E-state index >= 15 is 0 Å². The van der Waals surface area contributed by atoms with Gasteiger partial charge in [-0.05, 0) is 35.0 Å². The molecule has 0 saturated heterocycles. The lowest BCUT2D eigenvalue weighted by Crippen LogP contribution is -2.09. The molecule has 5 nitrogen and oxygen atoms in total. The number of hydrogen-bond donors (Lipinski definition) is 0. The molecule has 2 aromatic carbocycles. The third kappa shape index (κ3) is 2.41. The van der Waals surface area contributed by atoms with Crippen LogP contribution in [0.15, 0.2) is 36.4 Å². The Bertz CT molecular complexity index is 804. The molecule has 2 aromatic rings. The number of ether oxygens (including phenoxy) is 3. The summed E-state index contributed by atoms with van der Waals surface area (Å²) in [7, 11) is 1.33. The molecule has 3 rings (SSSR count). The average Bonchev–Trinajstić information content (AvgIpc) is 2.53. The SMILES string of the molecule is COC(=O)c1ccc2ccc3c(c2c1)C(OC(C)=O)=CCO3. The van der Waals surface area contributed by atoms with Crippen LogP contribution in [-0.2, 0) is 14.3 Å². The molecule has 1 heterocycles. The van der Waals surface area contributed by atoms with Crippen LogP contribution in [-0.4, -0.2) is 25.7 Å². The summed E-state index contributed by atoms with van der Waals surface area (Å²) in [5, 5.41) is 1.68. The Hall–Kier alpha value is -2.82. The van der Waals surface area contributed by atoms with Gasteiger partial charge < -0.3 is 14.2 Å². The summed E-state index contributed by atoms with van der Waals surface area (Å²) in [6.07, 6.45) is 1.70. The van der Waals surface area contributed by atoms with Crippen molar-refractivity contribution in [3.63, 3.8) is 0 Å². The fraction of sp³-hybridized carbons (Fsp3) is 0.176. The summed E-state index contributed by atoms with van der Waals surface area (Å²) in [5.74, 6) is 0.240. The van der Waals surface area contributed by atoms with E-state index in [1.165, 1.54) is 14.0 Å². The highest BCUT2D eigenvalue weighted by Crippen LogP contribution is 2.37. The van der Waals surface area contributed by atoms with Gasteiger partial charge in [-0.1, -0.05) is 12.1 Å². The number of carbonyl (C=O) groups excluding carboxylic acids is 2. The first-order chi connectivity index (χ1) is 10.6. The highest BCUT2D eigenvalue weighted by Gasteiger charge is 2.20.